The molecule has 0 aliphatic carbocycles. The van der Waals surface area contributed by atoms with Crippen LogP contribution in [0.5, 0.6) is 0 Å². The molecule has 0 saturated heterocycles. The van der Waals surface area contributed by atoms with E-state index < -0.39 is 0 Å². The van der Waals surface area contributed by atoms with Crippen LogP contribution < -0.4 is 15.8 Å². The molecule has 0 bridgehead atoms. The average Bonchev–Trinajstić information content (AvgIpc) is 3.01. The normalized spacial score (nSPS) is 11.4. The highest BCUT2D eigenvalue weighted by Gasteiger charge is 2.24. The maximum Gasteiger partial charge on any atom is 0.250 e. The molecule has 0 aliphatic rings. The van der Waals surface area contributed by atoms with Crippen molar-refractivity contribution in [3.8, 4) is 17.3 Å². The fraction of sp³-hybridized carbons (Fsp3) is 0.294. The number of nitrogens with zero attached hydrogens (tertiary/aromatic N) is 4. The largest absolute Gasteiger partial charge is 0.370 e. The Hall–Kier alpha value is -4.70. The summed E-state index contributed by atoms with van der Waals surface area (Å²) in [5.41, 5.74) is 4.25. The van der Waals surface area contributed by atoms with Crippen molar-refractivity contribution >= 4 is 17.4 Å². The minimum atomic E-state index is -0.0582. The van der Waals surface area contributed by atoms with Gasteiger partial charge in [-0.3, -0.25) is 9.59 Å². The fourth-order valence-corrected chi connectivity index (χ4v) is 5.08. The highest BCUT2D eigenvalue weighted by atomic mass is 16.2. The molecule has 210 valence electrons. The lowest BCUT2D eigenvalue weighted by atomic mass is 10.0. The highest BCUT2D eigenvalue weighted by Crippen LogP contribution is 2.27. The second kappa shape index (κ2) is 14.6. The SMILES string of the molecule is CCC[C@H](CCCNc1ccc(C#N)cn1)N(C(=O)CCc1ccccc1)c1ccc(-c2cccc(=O)n2C)cc1. The molecule has 1 atom stereocenters. The van der Waals surface area contributed by atoms with Crippen molar-refractivity contribution in [2.24, 2.45) is 7.05 Å². The van der Waals surface area contributed by atoms with Crippen molar-refractivity contribution in [1.29, 1.82) is 5.26 Å². The average molecular weight is 548 g/mol. The topological polar surface area (TPSA) is 91.0 Å². The summed E-state index contributed by atoms with van der Waals surface area (Å²) in [4.78, 5) is 32.3. The maximum atomic E-state index is 13.8. The zero-order valence-electron chi connectivity index (χ0n) is 23.8. The molecule has 2 aromatic carbocycles. The summed E-state index contributed by atoms with van der Waals surface area (Å²) < 4.78 is 1.63. The van der Waals surface area contributed by atoms with E-state index >= 15 is 0 Å². The number of anilines is 2. The number of nitriles is 1. The summed E-state index contributed by atoms with van der Waals surface area (Å²) >= 11 is 0. The monoisotopic (exact) mass is 547 g/mol. The molecular weight excluding hydrogens is 510 g/mol. The standard InChI is InChI=1S/C34H37N5O2/c1-3-9-29(12-8-23-36-32-21-15-27(24-35)25-37-32)39(34(41)22-16-26-10-5-4-6-11-26)30-19-17-28(18-20-30)31-13-7-14-33(40)38(31)2/h4-7,10-11,13-15,17-21,25,29H,3,8-9,12,16,22-23H2,1-2H3,(H,36,37)/t29-/m1/s1. The van der Waals surface area contributed by atoms with Crippen molar-refractivity contribution in [1.82, 2.24) is 9.55 Å². The summed E-state index contributed by atoms with van der Waals surface area (Å²) in [6.07, 6.45) is 6.22. The summed E-state index contributed by atoms with van der Waals surface area (Å²) in [5.74, 6) is 0.839. The number of aryl methyl sites for hydroxylation is 1. The van der Waals surface area contributed by atoms with E-state index in [1.54, 1.807) is 36.0 Å². The van der Waals surface area contributed by atoms with E-state index in [2.05, 4.69) is 35.4 Å². The number of nitrogens with one attached hydrogen (secondary N) is 1. The van der Waals surface area contributed by atoms with Crippen molar-refractivity contribution in [2.75, 3.05) is 16.8 Å². The van der Waals surface area contributed by atoms with Gasteiger partial charge in [-0.1, -0.05) is 61.9 Å². The quantitative estimate of drug-likeness (QED) is 0.197. The molecule has 41 heavy (non-hydrogen) atoms. The Labute approximate surface area is 242 Å². The number of amides is 1. The van der Waals surface area contributed by atoms with Crippen LogP contribution in [0.1, 0.15) is 50.2 Å². The van der Waals surface area contributed by atoms with Gasteiger partial charge < -0.3 is 14.8 Å². The molecule has 7 heteroatoms. The highest BCUT2D eigenvalue weighted by molar-refractivity contribution is 5.94. The van der Waals surface area contributed by atoms with E-state index in [4.69, 9.17) is 5.26 Å². The Morgan fingerprint density at radius 1 is 1.00 bits per heavy atom. The first-order chi connectivity index (χ1) is 20.0. The number of hydrogen-bond acceptors (Lipinski definition) is 5. The second-order valence-corrected chi connectivity index (χ2v) is 10.2. The molecule has 0 aliphatic heterocycles. The van der Waals surface area contributed by atoms with Crippen LogP contribution in [0, 0.1) is 11.3 Å². The molecule has 1 amide bonds. The maximum absolute atomic E-state index is 13.8. The first-order valence-electron chi connectivity index (χ1n) is 14.2. The molecular formula is C34H37N5O2. The smallest absolute Gasteiger partial charge is 0.250 e. The van der Waals surface area contributed by atoms with Gasteiger partial charge in [-0.05, 0) is 67.1 Å². The Balaban J connectivity index is 1.53. The summed E-state index contributed by atoms with van der Waals surface area (Å²) in [7, 11) is 1.77. The van der Waals surface area contributed by atoms with Crippen LogP contribution in [0.15, 0.2) is 95.9 Å². The Bertz CT molecular complexity index is 1510. The first-order valence-corrected chi connectivity index (χ1v) is 14.2. The van der Waals surface area contributed by atoms with Crippen molar-refractivity contribution in [2.45, 2.75) is 51.5 Å². The molecule has 2 aromatic heterocycles. The molecule has 0 unspecified atom stereocenters. The van der Waals surface area contributed by atoms with Gasteiger partial charge in [0.25, 0.3) is 5.56 Å². The number of aromatic nitrogens is 2. The van der Waals surface area contributed by atoms with E-state index in [0.29, 0.717) is 24.9 Å². The van der Waals surface area contributed by atoms with Gasteiger partial charge in [0, 0.05) is 44.0 Å². The number of carbonyl (C=O) groups excluding carboxylic acids is 1. The van der Waals surface area contributed by atoms with E-state index in [9.17, 15) is 9.59 Å². The minimum Gasteiger partial charge on any atom is -0.370 e. The number of carbonyl (C=O) groups is 1. The molecule has 0 saturated carbocycles. The van der Waals surface area contributed by atoms with Crippen LogP contribution in [0.4, 0.5) is 11.5 Å². The summed E-state index contributed by atoms with van der Waals surface area (Å²) in [5, 5.41) is 12.3. The Morgan fingerprint density at radius 2 is 1.78 bits per heavy atom. The third-order valence-electron chi connectivity index (χ3n) is 7.27. The minimum absolute atomic E-state index is 0.0472. The van der Waals surface area contributed by atoms with Gasteiger partial charge >= 0.3 is 0 Å². The van der Waals surface area contributed by atoms with E-state index in [0.717, 1.165) is 54.0 Å². The van der Waals surface area contributed by atoms with Crippen molar-refractivity contribution in [3.63, 3.8) is 0 Å². The molecule has 1 N–H and O–H groups in total. The Morgan fingerprint density at radius 3 is 2.46 bits per heavy atom. The van der Waals surface area contributed by atoms with Gasteiger partial charge in [-0.25, -0.2) is 4.98 Å². The number of benzene rings is 2. The van der Waals surface area contributed by atoms with Gasteiger partial charge in [-0.2, -0.15) is 5.26 Å². The van der Waals surface area contributed by atoms with Crippen LogP contribution >= 0.6 is 0 Å². The fourth-order valence-electron chi connectivity index (χ4n) is 5.08. The van der Waals surface area contributed by atoms with Crippen LogP contribution in [0.3, 0.4) is 0 Å². The molecule has 4 aromatic rings. The van der Waals surface area contributed by atoms with E-state index in [1.165, 1.54) is 0 Å². The second-order valence-electron chi connectivity index (χ2n) is 10.2. The molecule has 7 nitrogen and oxygen atoms in total. The van der Waals surface area contributed by atoms with Gasteiger partial charge in [0.15, 0.2) is 0 Å². The third-order valence-corrected chi connectivity index (χ3v) is 7.27. The van der Waals surface area contributed by atoms with Gasteiger partial charge in [0.05, 0.1) is 11.3 Å². The lowest BCUT2D eigenvalue weighted by Crippen LogP contribution is -2.41. The van der Waals surface area contributed by atoms with Gasteiger partial charge in [0.1, 0.15) is 11.9 Å². The zero-order chi connectivity index (χ0) is 29.0. The molecule has 2 heterocycles. The summed E-state index contributed by atoms with van der Waals surface area (Å²) in [6.45, 7) is 2.86. The molecule has 0 radical (unpaired) electrons. The van der Waals surface area contributed by atoms with Gasteiger partial charge in [0.2, 0.25) is 5.91 Å². The lowest BCUT2D eigenvalue weighted by Gasteiger charge is -2.32. The van der Waals surface area contributed by atoms with Gasteiger partial charge in [-0.15, -0.1) is 0 Å². The van der Waals surface area contributed by atoms with Crippen molar-refractivity contribution < 1.29 is 4.79 Å². The molecule has 0 spiro atoms. The van der Waals surface area contributed by atoms with Crippen LogP contribution in [-0.2, 0) is 18.3 Å². The third kappa shape index (κ3) is 7.92. The van der Waals surface area contributed by atoms with Crippen molar-refractivity contribution in [3.05, 3.63) is 113 Å². The predicted molar refractivity (Wildman–Crippen MR) is 165 cm³/mol. The zero-order valence-corrected chi connectivity index (χ0v) is 23.8. The number of rotatable bonds is 13. The predicted octanol–water partition coefficient (Wildman–Crippen LogP) is 6.35. The van der Waals surface area contributed by atoms with Crippen LogP contribution in [0.2, 0.25) is 0 Å². The Kier molecular flexibility index (Phi) is 10.4. The van der Waals surface area contributed by atoms with Crippen LogP contribution in [-0.4, -0.2) is 28.0 Å². The first kappa shape index (κ1) is 29.3. The molecule has 0 fully saturated rings. The number of pyridine rings is 2. The number of hydrogen-bond donors (Lipinski definition) is 1. The summed E-state index contributed by atoms with van der Waals surface area (Å²) in [6, 6.07) is 29.0. The van der Waals surface area contributed by atoms with E-state index in [1.807, 2.05) is 59.5 Å². The lowest BCUT2D eigenvalue weighted by molar-refractivity contribution is -0.119. The van der Waals surface area contributed by atoms with Crippen LogP contribution in [0.25, 0.3) is 11.3 Å². The molecule has 4 rings (SSSR count). The van der Waals surface area contributed by atoms with E-state index in [-0.39, 0.29) is 17.5 Å².